The Labute approximate surface area is 111 Å². The lowest BCUT2D eigenvalue weighted by Gasteiger charge is -2.10. The first kappa shape index (κ1) is 12.1. The number of halogens is 1. The molecule has 90 valence electrons. The summed E-state index contributed by atoms with van der Waals surface area (Å²) in [6.45, 7) is 2.25. The standard InChI is InChI=1S/C10H11IN4O2/c1-5-6-4-13-15-8(6)7(3-12-10(11)16)9(14-5)17-2/h4H,3H2,1-2H3,(H,12,16)(H,13,15). The fourth-order valence-electron chi connectivity index (χ4n) is 1.67. The lowest BCUT2D eigenvalue weighted by molar-refractivity contribution is 0.262. The molecule has 0 aromatic carbocycles. The number of hydrogen-bond donors (Lipinski definition) is 2. The molecule has 1 amide bonds. The zero-order valence-electron chi connectivity index (χ0n) is 9.37. The quantitative estimate of drug-likeness (QED) is 0.506. The Hall–Kier alpha value is -1.38. The van der Waals surface area contributed by atoms with E-state index in [2.05, 4.69) is 20.5 Å². The van der Waals surface area contributed by atoms with Crippen LogP contribution in [-0.2, 0) is 6.54 Å². The summed E-state index contributed by atoms with van der Waals surface area (Å²) in [4.78, 5) is 15.3. The monoisotopic (exact) mass is 346 g/mol. The maximum Gasteiger partial charge on any atom is 0.280 e. The van der Waals surface area contributed by atoms with Gasteiger partial charge in [-0.2, -0.15) is 5.10 Å². The van der Waals surface area contributed by atoms with Crippen LogP contribution in [0.3, 0.4) is 0 Å². The summed E-state index contributed by atoms with van der Waals surface area (Å²) in [5, 5.41) is 10.5. The van der Waals surface area contributed by atoms with Crippen molar-refractivity contribution in [2.45, 2.75) is 13.5 Å². The van der Waals surface area contributed by atoms with E-state index in [-0.39, 0.29) is 3.91 Å². The van der Waals surface area contributed by atoms with Crippen LogP contribution in [0.4, 0.5) is 4.79 Å². The fraction of sp³-hybridized carbons (Fsp3) is 0.300. The van der Waals surface area contributed by atoms with Crippen LogP contribution in [-0.4, -0.2) is 26.2 Å². The second-order valence-corrected chi connectivity index (χ2v) is 4.45. The number of fused-ring (bicyclic) bond motifs is 1. The van der Waals surface area contributed by atoms with Gasteiger partial charge < -0.3 is 10.1 Å². The van der Waals surface area contributed by atoms with Gasteiger partial charge in [0.1, 0.15) is 0 Å². The maximum absolute atomic E-state index is 10.9. The Balaban J connectivity index is 2.53. The highest BCUT2D eigenvalue weighted by molar-refractivity contribution is 14.1. The predicted octanol–water partition coefficient (Wildman–Crippen LogP) is 1.92. The third-order valence-corrected chi connectivity index (χ3v) is 2.84. The number of methoxy groups -OCH3 is 1. The Morgan fingerprint density at radius 2 is 2.41 bits per heavy atom. The number of carbonyl (C=O) groups excluding carboxylic acids is 1. The minimum absolute atomic E-state index is 0.127. The molecule has 0 bridgehead atoms. The predicted molar refractivity (Wildman–Crippen MR) is 71.4 cm³/mol. The minimum Gasteiger partial charge on any atom is -0.481 e. The summed E-state index contributed by atoms with van der Waals surface area (Å²) >= 11 is 1.68. The van der Waals surface area contributed by atoms with E-state index in [0.717, 1.165) is 22.2 Å². The molecule has 0 saturated heterocycles. The summed E-state index contributed by atoms with van der Waals surface area (Å²) in [5.74, 6) is 0.504. The highest BCUT2D eigenvalue weighted by atomic mass is 127. The number of aryl methyl sites for hydroxylation is 1. The normalized spacial score (nSPS) is 10.5. The Morgan fingerprint density at radius 1 is 1.65 bits per heavy atom. The molecule has 17 heavy (non-hydrogen) atoms. The molecule has 0 aliphatic heterocycles. The molecule has 0 saturated carbocycles. The number of nitrogens with one attached hydrogen (secondary N) is 2. The van der Waals surface area contributed by atoms with Gasteiger partial charge in [-0.15, -0.1) is 0 Å². The molecule has 0 fully saturated rings. The molecule has 0 aliphatic rings. The van der Waals surface area contributed by atoms with E-state index in [4.69, 9.17) is 4.74 Å². The number of nitrogens with zero attached hydrogens (tertiary/aromatic N) is 2. The van der Waals surface area contributed by atoms with Gasteiger partial charge in [0.25, 0.3) is 3.91 Å². The Morgan fingerprint density at radius 3 is 3.06 bits per heavy atom. The van der Waals surface area contributed by atoms with Crippen molar-refractivity contribution < 1.29 is 9.53 Å². The maximum atomic E-state index is 10.9. The van der Waals surface area contributed by atoms with Crippen LogP contribution in [0.25, 0.3) is 10.9 Å². The highest BCUT2D eigenvalue weighted by Gasteiger charge is 2.14. The van der Waals surface area contributed by atoms with E-state index < -0.39 is 0 Å². The van der Waals surface area contributed by atoms with Crippen LogP contribution in [0, 0.1) is 6.92 Å². The van der Waals surface area contributed by atoms with Crippen molar-refractivity contribution in [3.8, 4) is 5.88 Å². The average molecular weight is 346 g/mol. The van der Waals surface area contributed by atoms with Gasteiger partial charge in [-0.25, -0.2) is 4.98 Å². The summed E-state index contributed by atoms with van der Waals surface area (Å²) in [7, 11) is 1.55. The molecular weight excluding hydrogens is 335 g/mol. The zero-order chi connectivity index (χ0) is 12.4. The van der Waals surface area contributed by atoms with Crippen molar-refractivity contribution in [3.63, 3.8) is 0 Å². The molecule has 0 atom stereocenters. The van der Waals surface area contributed by atoms with Gasteiger partial charge in [0.15, 0.2) is 0 Å². The van der Waals surface area contributed by atoms with Gasteiger partial charge in [0.2, 0.25) is 5.88 Å². The summed E-state index contributed by atoms with van der Waals surface area (Å²) in [5.41, 5.74) is 2.49. The Bertz CT molecular complexity index is 567. The third-order valence-electron chi connectivity index (χ3n) is 2.46. The fourth-order valence-corrected chi connectivity index (χ4v) is 1.86. The second kappa shape index (κ2) is 4.86. The van der Waals surface area contributed by atoms with Gasteiger partial charge in [-0.3, -0.25) is 9.89 Å². The number of rotatable bonds is 3. The number of pyridine rings is 1. The molecular formula is C10H11IN4O2. The van der Waals surface area contributed by atoms with Crippen molar-refractivity contribution in [2.24, 2.45) is 0 Å². The van der Waals surface area contributed by atoms with Gasteiger partial charge in [-0.05, 0) is 6.92 Å². The summed E-state index contributed by atoms with van der Waals surface area (Å²) in [6.07, 6.45) is 1.71. The van der Waals surface area contributed by atoms with Crippen LogP contribution < -0.4 is 10.1 Å². The molecule has 2 rings (SSSR count). The van der Waals surface area contributed by atoms with E-state index in [1.807, 2.05) is 6.92 Å². The Kier molecular flexibility index (Phi) is 3.46. The molecule has 2 heterocycles. The first-order chi connectivity index (χ1) is 8.13. The largest absolute Gasteiger partial charge is 0.481 e. The highest BCUT2D eigenvalue weighted by Crippen LogP contribution is 2.26. The summed E-state index contributed by atoms with van der Waals surface area (Å²) < 4.78 is 5.10. The first-order valence-electron chi connectivity index (χ1n) is 4.93. The van der Waals surface area contributed by atoms with E-state index in [9.17, 15) is 4.79 Å². The molecule has 2 aromatic rings. The van der Waals surface area contributed by atoms with E-state index in [0.29, 0.717) is 12.4 Å². The van der Waals surface area contributed by atoms with Crippen LogP contribution in [0.5, 0.6) is 5.88 Å². The van der Waals surface area contributed by atoms with Crippen molar-refractivity contribution in [2.75, 3.05) is 7.11 Å². The molecule has 2 aromatic heterocycles. The molecule has 2 N–H and O–H groups in total. The minimum atomic E-state index is -0.127. The molecule has 0 aliphatic carbocycles. The van der Waals surface area contributed by atoms with Crippen LogP contribution in [0.2, 0.25) is 0 Å². The number of amides is 1. The lowest BCUT2D eigenvalue weighted by Crippen LogP contribution is -2.16. The first-order valence-corrected chi connectivity index (χ1v) is 6.01. The third kappa shape index (κ3) is 2.33. The number of H-pyrrole nitrogens is 1. The second-order valence-electron chi connectivity index (χ2n) is 3.47. The van der Waals surface area contributed by atoms with Crippen molar-refractivity contribution in [3.05, 3.63) is 17.5 Å². The van der Waals surface area contributed by atoms with E-state index in [1.54, 1.807) is 35.9 Å². The van der Waals surface area contributed by atoms with Gasteiger partial charge in [0, 0.05) is 28.0 Å². The number of carbonyl (C=O) groups is 1. The summed E-state index contributed by atoms with van der Waals surface area (Å²) in [6, 6.07) is 0. The topological polar surface area (TPSA) is 79.9 Å². The molecule has 0 radical (unpaired) electrons. The lowest BCUT2D eigenvalue weighted by atomic mass is 10.1. The van der Waals surface area contributed by atoms with Gasteiger partial charge in [0.05, 0.1) is 36.6 Å². The molecule has 7 heteroatoms. The average Bonchev–Trinajstić information content (AvgIpc) is 2.76. The number of hydrogen-bond acceptors (Lipinski definition) is 4. The number of ether oxygens (including phenoxy) is 1. The molecule has 0 unspecified atom stereocenters. The van der Waals surface area contributed by atoms with Crippen molar-refractivity contribution >= 4 is 37.4 Å². The van der Waals surface area contributed by atoms with Crippen molar-refractivity contribution in [1.29, 1.82) is 0 Å². The van der Waals surface area contributed by atoms with Crippen LogP contribution in [0.15, 0.2) is 6.20 Å². The van der Waals surface area contributed by atoms with Gasteiger partial charge >= 0.3 is 0 Å². The van der Waals surface area contributed by atoms with Crippen LogP contribution in [0.1, 0.15) is 11.3 Å². The van der Waals surface area contributed by atoms with E-state index in [1.165, 1.54) is 0 Å². The molecule has 6 nitrogen and oxygen atoms in total. The smallest absolute Gasteiger partial charge is 0.280 e. The van der Waals surface area contributed by atoms with Gasteiger partial charge in [-0.1, -0.05) is 0 Å². The zero-order valence-corrected chi connectivity index (χ0v) is 11.5. The number of aromatic amines is 1. The van der Waals surface area contributed by atoms with Crippen molar-refractivity contribution in [1.82, 2.24) is 20.5 Å². The van der Waals surface area contributed by atoms with E-state index >= 15 is 0 Å². The number of aromatic nitrogens is 3. The van der Waals surface area contributed by atoms with Crippen LogP contribution >= 0.6 is 22.6 Å². The molecule has 0 spiro atoms. The SMILES string of the molecule is COc1nc(C)c2cn[nH]c2c1CNC(=O)I.